The lowest BCUT2D eigenvalue weighted by atomic mass is 10.3. The Balaban J connectivity index is 3.17. The molecule has 15 heavy (non-hydrogen) atoms. The lowest BCUT2D eigenvalue weighted by Crippen LogP contribution is -2.28. The third-order valence-electron chi connectivity index (χ3n) is 2.24. The molecule has 1 heterocycles. The summed E-state index contributed by atoms with van der Waals surface area (Å²) in [7, 11) is 2.96. The van der Waals surface area contributed by atoms with Crippen LogP contribution in [0.2, 0.25) is 0 Å². The van der Waals surface area contributed by atoms with Gasteiger partial charge in [0.2, 0.25) is 0 Å². The van der Waals surface area contributed by atoms with Crippen LogP contribution in [0.5, 0.6) is 0 Å². The number of nitrogens with two attached hydrogens (primary N) is 1. The van der Waals surface area contributed by atoms with Crippen molar-refractivity contribution < 1.29 is 9.63 Å². The Kier molecular flexibility index (Phi) is 3.31. The minimum absolute atomic E-state index is 0.294. The maximum Gasteiger partial charge on any atom is 0.297 e. The van der Waals surface area contributed by atoms with Crippen molar-refractivity contribution in [2.24, 2.45) is 0 Å². The quantitative estimate of drug-likeness (QED) is 0.737. The SMILES string of the molecule is CCn1nc(C)c(N)c1C(=O)N(C)OC. The summed E-state index contributed by atoms with van der Waals surface area (Å²) in [6.07, 6.45) is 0. The number of rotatable bonds is 3. The van der Waals surface area contributed by atoms with Gasteiger partial charge in [-0.15, -0.1) is 0 Å². The van der Waals surface area contributed by atoms with E-state index in [0.717, 1.165) is 5.06 Å². The molecule has 0 unspecified atom stereocenters. The average Bonchev–Trinajstić information content (AvgIpc) is 2.53. The van der Waals surface area contributed by atoms with Gasteiger partial charge in [0.05, 0.1) is 18.5 Å². The summed E-state index contributed by atoms with van der Waals surface area (Å²) in [5.41, 5.74) is 7.23. The molecule has 0 fully saturated rings. The van der Waals surface area contributed by atoms with Gasteiger partial charge < -0.3 is 5.73 Å². The van der Waals surface area contributed by atoms with E-state index in [1.165, 1.54) is 14.2 Å². The van der Waals surface area contributed by atoms with Crippen molar-refractivity contribution in [2.75, 3.05) is 19.9 Å². The van der Waals surface area contributed by atoms with Crippen molar-refractivity contribution >= 4 is 11.6 Å². The molecular weight excluding hydrogens is 196 g/mol. The van der Waals surface area contributed by atoms with Crippen molar-refractivity contribution in [1.82, 2.24) is 14.8 Å². The van der Waals surface area contributed by atoms with E-state index in [1.807, 2.05) is 6.92 Å². The topological polar surface area (TPSA) is 73.4 Å². The number of aromatic nitrogens is 2. The van der Waals surface area contributed by atoms with Crippen LogP contribution in [0.3, 0.4) is 0 Å². The first kappa shape index (κ1) is 11.5. The highest BCUT2D eigenvalue weighted by molar-refractivity contribution is 5.97. The molecule has 0 bridgehead atoms. The number of hydrogen-bond donors (Lipinski definition) is 1. The number of carbonyl (C=O) groups is 1. The fourth-order valence-electron chi connectivity index (χ4n) is 1.28. The minimum Gasteiger partial charge on any atom is -0.395 e. The minimum atomic E-state index is -0.294. The number of amides is 1. The molecule has 1 amide bonds. The summed E-state index contributed by atoms with van der Waals surface area (Å²) in [5.74, 6) is -0.294. The molecule has 0 saturated heterocycles. The number of anilines is 1. The van der Waals surface area contributed by atoms with Gasteiger partial charge in [0.15, 0.2) is 5.69 Å². The molecule has 0 atom stereocenters. The highest BCUT2D eigenvalue weighted by atomic mass is 16.7. The Morgan fingerprint density at radius 3 is 2.73 bits per heavy atom. The second-order valence-corrected chi connectivity index (χ2v) is 3.15. The molecule has 84 valence electrons. The summed E-state index contributed by atoms with van der Waals surface area (Å²) in [5, 5.41) is 5.28. The molecule has 1 rings (SSSR count). The van der Waals surface area contributed by atoms with Crippen molar-refractivity contribution in [3.63, 3.8) is 0 Å². The maximum absolute atomic E-state index is 11.8. The van der Waals surface area contributed by atoms with Crippen LogP contribution in [-0.2, 0) is 11.4 Å². The average molecular weight is 212 g/mol. The molecule has 6 heteroatoms. The molecule has 1 aromatic rings. The first-order chi connectivity index (χ1) is 7.02. The van der Waals surface area contributed by atoms with Gasteiger partial charge in [0.1, 0.15) is 0 Å². The van der Waals surface area contributed by atoms with Crippen molar-refractivity contribution in [2.45, 2.75) is 20.4 Å². The summed E-state index contributed by atoms with van der Waals surface area (Å²) >= 11 is 0. The normalized spacial score (nSPS) is 10.4. The van der Waals surface area contributed by atoms with Crippen LogP contribution in [-0.4, -0.2) is 34.9 Å². The van der Waals surface area contributed by atoms with E-state index in [2.05, 4.69) is 5.10 Å². The monoisotopic (exact) mass is 212 g/mol. The van der Waals surface area contributed by atoms with Gasteiger partial charge >= 0.3 is 0 Å². The van der Waals surface area contributed by atoms with Gasteiger partial charge in [-0.05, 0) is 13.8 Å². The van der Waals surface area contributed by atoms with Crippen molar-refractivity contribution in [3.8, 4) is 0 Å². The van der Waals surface area contributed by atoms with E-state index in [1.54, 1.807) is 11.6 Å². The van der Waals surface area contributed by atoms with Crippen LogP contribution in [0.15, 0.2) is 0 Å². The zero-order chi connectivity index (χ0) is 11.6. The first-order valence-electron chi connectivity index (χ1n) is 4.67. The molecule has 0 spiro atoms. The zero-order valence-electron chi connectivity index (χ0n) is 9.44. The first-order valence-corrected chi connectivity index (χ1v) is 4.67. The van der Waals surface area contributed by atoms with Crippen LogP contribution in [0.25, 0.3) is 0 Å². The number of hydrogen-bond acceptors (Lipinski definition) is 4. The lowest BCUT2D eigenvalue weighted by Gasteiger charge is -2.14. The van der Waals surface area contributed by atoms with Crippen LogP contribution >= 0.6 is 0 Å². The van der Waals surface area contributed by atoms with Crippen LogP contribution < -0.4 is 5.73 Å². The Hall–Kier alpha value is -1.56. The van der Waals surface area contributed by atoms with E-state index in [-0.39, 0.29) is 5.91 Å². The largest absolute Gasteiger partial charge is 0.395 e. The van der Waals surface area contributed by atoms with E-state index in [9.17, 15) is 4.79 Å². The van der Waals surface area contributed by atoms with Gasteiger partial charge in [0.25, 0.3) is 5.91 Å². The van der Waals surface area contributed by atoms with E-state index < -0.39 is 0 Å². The lowest BCUT2D eigenvalue weighted by molar-refractivity contribution is -0.0763. The third-order valence-corrected chi connectivity index (χ3v) is 2.24. The smallest absolute Gasteiger partial charge is 0.297 e. The second-order valence-electron chi connectivity index (χ2n) is 3.15. The van der Waals surface area contributed by atoms with Crippen LogP contribution in [0.1, 0.15) is 23.1 Å². The highest BCUT2D eigenvalue weighted by Gasteiger charge is 2.22. The summed E-state index contributed by atoms with van der Waals surface area (Å²) in [4.78, 5) is 16.7. The van der Waals surface area contributed by atoms with Crippen LogP contribution in [0.4, 0.5) is 5.69 Å². The molecule has 6 nitrogen and oxygen atoms in total. The molecule has 2 N–H and O–H groups in total. The zero-order valence-corrected chi connectivity index (χ0v) is 9.44. The summed E-state index contributed by atoms with van der Waals surface area (Å²) in [6, 6.07) is 0. The summed E-state index contributed by atoms with van der Waals surface area (Å²) < 4.78 is 1.57. The Labute approximate surface area is 88.6 Å². The van der Waals surface area contributed by atoms with Gasteiger partial charge in [-0.3, -0.25) is 14.3 Å². The van der Waals surface area contributed by atoms with E-state index >= 15 is 0 Å². The molecule has 1 aromatic heterocycles. The van der Waals surface area contributed by atoms with Crippen LogP contribution in [0, 0.1) is 6.92 Å². The number of nitrogens with zero attached hydrogens (tertiary/aromatic N) is 3. The second kappa shape index (κ2) is 4.31. The fraction of sp³-hybridized carbons (Fsp3) is 0.556. The van der Waals surface area contributed by atoms with Gasteiger partial charge in [0, 0.05) is 13.6 Å². The highest BCUT2D eigenvalue weighted by Crippen LogP contribution is 2.17. The predicted octanol–water partition coefficient (Wildman–Crippen LogP) is 0.427. The number of aryl methyl sites for hydroxylation is 2. The third kappa shape index (κ3) is 1.94. The fourth-order valence-corrected chi connectivity index (χ4v) is 1.28. The van der Waals surface area contributed by atoms with E-state index in [4.69, 9.17) is 10.6 Å². The maximum atomic E-state index is 11.8. The molecular formula is C9H16N4O2. The van der Waals surface area contributed by atoms with Crippen molar-refractivity contribution in [1.29, 1.82) is 0 Å². The molecule has 0 aliphatic rings. The standard InChI is InChI=1S/C9H16N4O2/c1-5-13-8(7(10)6(2)11-13)9(14)12(3)15-4/h5,10H2,1-4H3. The van der Waals surface area contributed by atoms with Crippen molar-refractivity contribution in [3.05, 3.63) is 11.4 Å². The van der Waals surface area contributed by atoms with E-state index in [0.29, 0.717) is 23.6 Å². The van der Waals surface area contributed by atoms with Gasteiger partial charge in [-0.1, -0.05) is 0 Å². The molecule has 0 aliphatic carbocycles. The van der Waals surface area contributed by atoms with Gasteiger partial charge in [-0.2, -0.15) is 5.10 Å². The molecule has 0 aromatic carbocycles. The number of carbonyl (C=O) groups excluding carboxylic acids is 1. The number of hydroxylamine groups is 2. The predicted molar refractivity (Wildman–Crippen MR) is 56.2 cm³/mol. The molecule has 0 radical (unpaired) electrons. The Morgan fingerprint density at radius 1 is 1.67 bits per heavy atom. The number of nitrogen functional groups attached to an aromatic ring is 1. The Morgan fingerprint density at radius 2 is 2.27 bits per heavy atom. The van der Waals surface area contributed by atoms with Gasteiger partial charge in [-0.25, -0.2) is 5.06 Å². The Bertz CT molecular complexity index is 372. The molecule has 0 saturated carbocycles. The molecule has 0 aliphatic heterocycles. The summed E-state index contributed by atoms with van der Waals surface area (Å²) in [6.45, 7) is 4.26.